The lowest BCUT2D eigenvalue weighted by molar-refractivity contribution is 0.987. The van der Waals surface area contributed by atoms with Crippen LogP contribution in [0.2, 0.25) is 10.0 Å². The number of rotatable bonds is 1. The summed E-state index contributed by atoms with van der Waals surface area (Å²) in [6, 6.07) is 13.8. The second-order valence-electron chi connectivity index (χ2n) is 5.01. The molecule has 21 heavy (non-hydrogen) atoms. The zero-order valence-corrected chi connectivity index (χ0v) is 12.4. The molecule has 1 aromatic heterocycles. The number of hydrogen-bond donors (Lipinski definition) is 0. The van der Waals surface area contributed by atoms with Gasteiger partial charge >= 0.3 is 0 Å². The number of nitrogens with zero attached hydrogens (tertiary/aromatic N) is 2. The molecule has 0 spiro atoms. The molecule has 0 aliphatic heterocycles. The largest absolute Gasteiger partial charge is 0.244 e. The highest BCUT2D eigenvalue weighted by molar-refractivity contribution is 6.33. The molecule has 0 N–H and O–H groups in total. The minimum atomic E-state index is 0.0311. The highest BCUT2D eigenvalue weighted by Crippen LogP contribution is 2.48. The summed E-state index contributed by atoms with van der Waals surface area (Å²) in [7, 11) is 0. The van der Waals surface area contributed by atoms with E-state index in [0.29, 0.717) is 10.0 Å². The summed E-state index contributed by atoms with van der Waals surface area (Å²) in [4.78, 5) is 8.62. The fourth-order valence-corrected chi connectivity index (χ4v) is 3.39. The minimum Gasteiger partial charge on any atom is -0.244 e. The van der Waals surface area contributed by atoms with Crippen LogP contribution in [-0.4, -0.2) is 9.97 Å². The molecule has 0 radical (unpaired) electrons. The number of fused-ring (bicyclic) bond motifs is 3. The van der Waals surface area contributed by atoms with Crippen molar-refractivity contribution >= 4 is 23.2 Å². The second kappa shape index (κ2) is 4.83. The molecule has 1 heterocycles. The molecule has 2 nitrogen and oxygen atoms in total. The van der Waals surface area contributed by atoms with Gasteiger partial charge in [-0.25, -0.2) is 9.97 Å². The predicted octanol–water partition coefficient (Wildman–Crippen LogP) is 4.94. The summed E-state index contributed by atoms with van der Waals surface area (Å²) in [6.45, 7) is 0. The third kappa shape index (κ3) is 1.95. The molecule has 4 heteroatoms. The monoisotopic (exact) mass is 312 g/mol. The number of aromatic nitrogens is 2. The van der Waals surface area contributed by atoms with Crippen molar-refractivity contribution in [3.05, 3.63) is 81.7 Å². The molecule has 3 aromatic rings. The van der Waals surface area contributed by atoms with Crippen LogP contribution in [0.1, 0.15) is 22.6 Å². The molecule has 1 atom stereocenters. The van der Waals surface area contributed by atoms with E-state index in [1.54, 1.807) is 12.4 Å². The molecule has 2 aromatic carbocycles. The summed E-state index contributed by atoms with van der Waals surface area (Å²) in [5, 5.41) is 1.38. The Kier molecular flexibility index (Phi) is 2.95. The number of hydrogen-bond acceptors (Lipinski definition) is 2. The van der Waals surface area contributed by atoms with Gasteiger partial charge < -0.3 is 0 Å². The van der Waals surface area contributed by atoms with Gasteiger partial charge in [-0.05, 0) is 29.3 Å². The van der Waals surface area contributed by atoms with E-state index in [9.17, 15) is 0 Å². The summed E-state index contributed by atoms with van der Waals surface area (Å²) >= 11 is 12.6. The van der Waals surface area contributed by atoms with Gasteiger partial charge in [-0.3, -0.25) is 0 Å². The predicted molar refractivity (Wildman–Crippen MR) is 84.9 cm³/mol. The van der Waals surface area contributed by atoms with Crippen molar-refractivity contribution in [3.63, 3.8) is 0 Å². The third-order valence-electron chi connectivity index (χ3n) is 3.85. The van der Waals surface area contributed by atoms with Crippen molar-refractivity contribution in [3.8, 4) is 11.3 Å². The van der Waals surface area contributed by atoms with Gasteiger partial charge in [-0.2, -0.15) is 0 Å². The number of halogens is 2. The topological polar surface area (TPSA) is 25.8 Å². The first-order chi connectivity index (χ1) is 10.3. The molecular weight excluding hydrogens is 303 g/mol. The third-order valence-corrected chi connectivity index (χ3v) is 4.43. The van der Waals surface area contributed by atoms with Crippen LogP contribution in [0.4, 0.5) is 0 Å². The van der Waals surface area contributed by atoms with Crippen LogP contribution in [0.25, 0.3) is 11.3 Å². The maximum absolute atomic E-state index is 6.41. The van der Waals surface area contributed by atoms with Gasteiger partial charge in [0.1, 0.15) is 6.33 Å². The molecule has 0 bridgehead atoms. The van der Waals surface area contributed by atoms with Crippen LogP contribution >= 0.6 is 23.2 Å². The van der Waals surface area contributed by atoms with Crippen molar-refractivity contribution in [1.82, 2.24) is 9.97 Å². The fourth-order valence-electron chi connectivity index (χ4n) is 2.98. The highest BCUT2D eigenvalue weighted by Gasteiger charge is 2.32. The van der Waals surface area contributed by atoms with Crippen molar-refractivity contribution in [2.75, 3.05) is 0 Å². The van der Waals surface area contributed by atoms with Gasteiger partial charge in [-0.1, -0.05) is 47.5 Å². The average molecular weight is 313 g/mol. The van der Waals surface area contributed by atoms with Crippen molar-refractivity contribution in [2.45, 2.75) is 5.92 Å². The van der Waals surface area contributed by atoms with Gasteiger partial charge in [0.15, 0.2) is 0 Å². The molecule has 1 unspecified atom stereocenters. The Morgan fingerprint density at radius 2 is 1.76 bits per heavy atom. The first-order valence-corrected chi connectivity index (χ1v) is 7.35. The van der Waals surface area contributed by atoms with Gasteiger partial charge in [0.05, 0.1) is 5.69 Å². The zero-order valence-electron chi connectivity index (χ0n) is 10.9. The minimum absolute atomic E-state index is 0.0311. The van der Waals surface area contributed by atoms with E-state index in [0.717, 1.165) is 22.4 Å². The normalized spacial score (nSPS) is 15.6. The van der Waals surface area contributed by atoms with Crippen molar-refractivity contribution in [1.29, 1.82) is 0 Å². The van der Waals surface area contributed by atoms with Gasteiger partial charge in [0.25, 0.3) is 0 Å². The van der Waals surface area contributed by atoms with E-state index in [1.165, 1.54) is 5.56 Å². The van der Waals surface area contributed by atoms with E-state index in [4.69, 9.17) is 23.2 Å². The quantitative estimate of drug-likeness (QED) is 0.497. The van der Waals surface area contributed by atoms with Gasteiger partial charge in [0.2, 0.25) is 0 Å². The van der Waals surface area contributed by atoms with E-state index in [-0.39, 0.29) is 5.92 Å². The maximum Gasteiger partial charge on any atom is 0.116 e. The molecule has 0 saturated carbocycles. The Bertz CT molecular complexity index is 800. The lowest BCUT2D eigenvalue weighted by Crippen LogP contribution is -2.01. The van der Waals surface area contributed by atoms with Crippen molar-refractivity contribution in [2.24, 2.45) is 0 Å². The molecule has 0 saturated heterocycles. The SMILES string of the molecule is Clc1ccc(Cl)c(C2c3ccccc3-c3ncncc32)c1. The molecule has 0 fully saturated rings. The Labute approximate surface area is 132 Å². The van der Waals surface area contributed by atoms with Crippen LogP contribution in [0.15, 0.2) is 55.0 Å². The van der Waals surface area contributed by atoms with Crippen LogP contribution in [0.3, 0.4) is 0 Å². The van der Waals surface area contributed by atoms with Gasteiger partial charge in [-0.15, -0.1) is 0 Å². The fraction of sp³-hybridized carbons (Fsp3) is 0.0588. The molecule has 1 aliphatic carbocycles. The lowest BCUT2D eigenvalue weighted by atomic mass is 9.90. The first-order valence-electron chi connectivity index (χ1n) is 6.60. The van der Waals surface area contributed by atoms with Crippen LogP contribution in [0.5, 0.6) is 0 Å². The van der Waals surface area contributed by atoms with Crippen LogP contribution < -0.4 is 0 Å². The van der Waals surface area contributed by atoms with E-state index < -0.39 is 0 Å². The smallest absolute Gasteiger partial charge is 0.116 e. The zero-order chi connectivity index (χ0) is 14.4. The maximum atomic E-state index is 6.41. The molecular formula is C17H10Cl2N2. The Morgan fingerprint density at radius 1 is 0.905 bits per heavy atom. The number of benzene rings is 2. The van der Waals surface area contributed by atoms with E-state index in [2.05, 4.69) is 22.1 Å². The van der Waals surface area contributed by atoms with Crippen LogP contribution in [0, 0.1) is 0 Å². The molecule has 102 valence electrons. The molecule has 1 aliphatic rings. The highest BCUT2D eigenvalue weighted by atomic mass is 35.5. The summed E-state index contributed by atoms with van der Waals surface area (Å²) < 4.78 is 0. The van der Waals surface area contributed by atoms with E-state index in [1.807, 2.05) is 30.5 Å². The van der Waals surface area contributed by atoms with Crippen LogP contribution in [-0.2, 0) is 0 Å². The Balaban J connectivity index is 2.03. The average Bonchev–Trinajstić information content (AvgIpc) is 2.84. The summed E-state index contributed by atoms with van der Waals surface area (Å²) in [5.41, 5.74) is 5.36. The van der Waals surface area contributed by atoms with Crippen molar-refractivity contribution < 1.29 is 0 Å². The Hall–Kier alpha value is -1.90. The molecule has 0 amide bonds. The van der Waals surface area contributed by atoms with Gasteiger partial charge in [0, 0.05) is 33.3 Å². The molecule has 4 rings (SSSR count). The standard InChI is InChI=1S/C17H10Cl2N2/c18-10-5-6-15(19)13(7-10)16-11-3-1-2-4-12(11)17-14(16)8-20-9-21-17/h1-9,16H. The first kappa shape index (κ1) is 12.8. The lowest BCUT2D eigenvalue weighted by Gasteiger charge is -2.15. The van der Waals surface area contributed by atoms with E-state index >= 15 is 0 Å². The second-order valence-corrected chi connectivity index (χ2v) is 5.86. The Morgan fingerprint density at radius 3 is 2.67 bits per heavy atom. The summed E-state index contributed by atoms with van der Waals surface area (Å²) in [5.74, 6) is 0.0311. The summed E-state index contributed by atoms with van der Waals surface area (Å²) in [6.07, 6.45) is 3.45.